The number of aromatic nitrogens is 1. The van der Waals surface area contributed by atoms with Gasteiger partial charge in [0, 0.05) is 25.2 Å². The molecule has 5 nitrogen and oxygen atoms in total. The molecule has 0 radical (unpaired) electrons. The summed E-state index contributed by atoms with van der Waals surface area (Å²) in [7, 11) is 0. The molecule has 0 aliphatic carbocycles. The number of amides is 1. The van der Waals surface area contributed by atoms with Crippen molar-refractivity contribution in [1.82, 2.24) is 9.88 Å². The number of phenols is 1. The van der Waals surface area contributed by atoms with Gasteiger partial charge in [-0.25, -0.2) is 4.98 Å². The Morgan fingerprint density at radius 2 is 1.85 bits per heavy atom. The highest BCUT2D eigenvalue weighted by Gasteiger charge is 2.22. The van der Waals surface area contributed by atoms with E-state index in [1.165, 1.54) is 11.6 Å². The molecule has 0 unspecified atom stereocenters. The van der Waals surface area contributed by atoms with Gasteiger partial charge in [0.2, 0.25) is 11.8 Å². The van der Waals surface area contributed by atoms with Crippen molar-refractivity contribution in [2.75, 3.05) is 13.1 Å². The summed E-state index contributed by atoms with van der Waals surface area (Å²) in [6, 6.07) is 14.9. The highest BCUT2D eigenvalue weighted by atomic mass is 16.3. The van der Waals surface area contributed by atoms with Gasteiger partial charge in [-0.05, 0) is 48.6 Å². The zero-order chi connectivity index (χ0) is 17.9. The Morgan fingerprint density at radius 1 is 1.12 bits per heavy atom. The first-order valence-electron chi connectivity index (χ1n) is 8.80. The quantitative estimate of drug-likeness (QED) is 0.728. The maximum absolute atomic E-state index is 12.4. The Morgan fingerprint density at radius 3 is 2.58 bits per heavy atom. The summed E-state index contributed by atoms with van der Waals surface area (Å²) in [6.07, 6.45) is 5.01. The van der Waals surface area contributed by atoms with E-state index in [-0.39, 0.29) is 11.7 Å². The Bertz CT molecular complexity index is 902. The van der Waals surface area contributed by atoms with E-state index in [2.05, 4.69) is 4.98 Å². The summed E-state index contributed by atoms with van der Waals surface area (Å²) < 4.78 is 5.60. The summed E-state index contributed by atoms with van der Waals surface area (Å²) in [5, 5.41) is 9.40. The molecule has 3 aromatic rings. The molecular formula is C21H20N2O3. The minimum atomic E-state index is -0.0172. The lowest BCUT2D eigenvalue weighted by Crippen LogP contribution is -2.36. The SMILES string of the molecule is O=C(/C=C/c1nc2ccccc2o1)N1CCC(c2ccc(O)cc2)CC1. The molecule has 26 heavy (non-hydrogen) atoms. The highest BCUT2D eigenvalue weighted by molar-refractivity contribution is 5.91. The molecule has 1 aliphatic heterocycles. The number of rotatable bonds is 3. The number of benzene rings is 2. The number of nitrogens with zero attached hydrogens (tertiary/aromatic N) is 2. The number of piperidine rings is 1. The highest BCUT2D eigenvalue weighted by Crippen LogP contribution is 2.29. The summed E-state index contributed by atoms with van der Waals surface area (Å²) >= 11 is 0. The van der Waals surface area contributed by atoms with Crippen LogP contribution in [0.25, 0.3) is 17.2 Å². The zero-order valence-corrected chi connectivity index (χ0v) is 14.3. The number of aromatic hydroxyl groups is 1. The lowest BCUT2D eigenvalue weighted by atomic mass is 9.89. The fraction of sp³-hybridized carbons (Fsp3) is 0.238. The van der Waals surface area contributed by atoms with Crippen molar-refractivity contribution in [2.45, 2.75) is 18.8 Å². The number of likely N-dealkylation sites (tertiary alicyclic amines) is 1. The van der Waals surface area contributed by atoms with Crippen LogP contribution < -0.4 is 0 Å². The Labute approximate surface area is 151 Å². The van der Waals surface area contributed by atoms with Gasteiger partial charge in [-0.3, -0.25) is 4.79 Å². The molecule has 2 heterocycles. The van der Waals surface area contributed by atoms with Gasteiger partial charge in [0.05, 0.1) is 0 Å². The molecule has 132 valence electrons. The van der Waals surface area contributed by atoms with E-state index in [0.717, 1.165) is 31.4 Å². The molecular weight excluding hydrogens is 328 g/mol. The van der Waals surface area contributed by atoms with E-state index in [9.17, 15) is 9.90 Å². The van der Waals surface area contributed by atoms with Crippen LogP contribution in [0, 0.1) is 0 Å². The molecule has 0 spiro atoms. The van der Waals surface area contributed by atoms with Gasteiger partial charge >= 0.3 is 0 Å². The smallest absolute Gasteiger partial charge is 0.246 e. The fourth-order valence-corrected chi connectivity index (χ4v) is 3.39. The first-order chi connectivity index (χ1) is 12.7. The van der Waals surface area contributed by atoms with Crippen molar-refractivity contribution in [1.29, 1.82) is 0 Å². The summed E-state index contributed by atoms with van der Waals surface area (Å²) in [4.78, 5) is 18.6. The van der Waals surface area contributed by atoms with Gasteiger partial charge in [0.15, 0.2) is 5.58 Å². The van der Waals surface area contributed by atoms with Crippen LogP contribution in [-0.4, -0.2) is 34.0 Å². The largest absolute Gasteiger partial charge is 0.508 e. The van der Waals surface area contributed by atoms with E-state index in [4.69, 9.17) is 4.42 Å². The first-order valence-corrected chi connectivity index (χ1v) is 8.80. The van der Waals surface area contributed by atoms with Crippen LogP contribution in [0.2, 0.25) is 0 Å². The molecule has 4 rings (SSSR count). The second kappa shape index (κ2) is 7.04. The van der Waals surface area contributed by atoms with Crippen molar-refractivity contribution < 1.29 is 14.3 Å². The molecule has 1 N–H and O–H groups in total. The number of carbonyl (C=O) groups is 1. The third kappa shape index (κ3) is 3.47. The fourth-order valence-electron chi connectivity index (χ4n) is 3.39. The standard InChI is InChI=1S/C21H20N2O3/c24-17-7-5-15(6-8-17)16-11-13-23(14-12-16)21(25)10-9-20-22-18-3-1-2-4-19(18)26-20/h1-10,16,24H,11-14H2/b10-9+. The predicted molar refractivity (Wildman–Crippen MR) is 99.7 cm³/mol. The van der Waals surface area contributed by atoms with Crippen LogP contribution in [0.5, 0.6) is 5.75 Å². The average molecular weight is 348 g/mol. The van der Waals surface area contributed by atoms with Gasteiger partial charge in [0.1, 0.15) is 11.3 Å². The number of phenolic OH excluding ortho intramolecular Hbond substituents is 1. The van der Waals surface area contributed by atoms with Gasteiger partial charge in [-0.15, -0.1) is 0 Å². The van der Waals surface area contributed by atoms with Crippen molar-refractivity contribution in [3.63, 3.8) is 0 Å². The number of carbonyl (C=O) groups excluding carboxylic acids is 1. The molecule has 1 saturated heterocycles. The van der Waals surface area contributed by atoms with Crippen molar-refractivity contribution in [2.24, 2.45) is 0 Å². The van der Waals surface area contributed by atoms with Crippen molar-refractivity contribution >= 4 is 23.1 Å². The predicted octanol–water partition coefficient (Wildman–Crippen LogP) is 3.95. The normalized spacial score (nSPS) is 15.8. The molecule has 0 atom stereocenters. The molecule has 0 bridgehead atoms. The maximum atomic E-state index is 12.4. The summed E-state index contributed by atoms with van der Waals surface area (Å²) in [5.41, 5.74) is 2.72. The van der Waals surface area contributed by atoms with Crippen LogP contribution in [0.15, 0.2) is 59.0 Å². The average Bonchev–Trinajstić information content (AvgIpc) is 3.10. The molecule has 1 aromatic heterocycles. The van der Waals surface area contributed by atoms with Gasteiger partial charge in [-0.2, -0.15) is 0 Å². The lowest BCUT2D eigenvalue weighted by Gasteiger charge is -2.31. The summed E-state index contributed by atoms with van der Waals surface area (Å²) in [6.45, 7) is 1.45. The topological polar surface area (TPSA) is 66.6 Å². The van der Waals surface area contributed by atoms with Crippen LogP contribution in [0.3, 0.4) is 0 Å². The molecule has 0 saturated carbocycles. The number of oxazole rings is 1. The Kier molecular flexibility index (Phi) is 4.44. The van der Waals surface area contributed by atoms with Crippen molar-refractivity contribution in [3.05, 3.63) is 66.1 Å². The number of para-hydroxylation sites is 2. The second-order valence-corrected chi connectivity index (χ2v) is 6.54. The molecule has 1 aliphatic rings. The molecule has 2 aromatic carbocycles. The van der Waals surface area contributed by atoms with Gasteiger partial charge < -0.3 is 14.4 Å². The van der Waals surface area contributed by atoms with Crippen LogP contribution in [0.4, 0.5) is 0 Å². The lowest BCUT2D eigenvalue weighted by molar-refractivity contribution is -0.126. The zero-order valence-electron chi connectivity index (χ0n) is 14.3. The third-order valence-corrected chi connectivity index (χ3v) is 4.85. The van der Waals surface area contributed by atoms with E-state index in [1.54, 1.807) is 18.2 Å². The molecule has 5 heteroatoms. The summed E-state index contributed by atoms with van der Waals surface area (Å²) in [5.74, 6) is 1.14. The third-order valence-electron chi connectivity index (χ3n) is 4.85. The Hall–Kier alpha value is -3.08. The first kappa shape index (κ1) is 16.4. The minimum absolute atomic E-state index is 0.0172. The van der Waals surface area contributed by atoms with E-state index >= 15 is 0 Å². The van der Waals surface area contributed by atoms with Gasteiger partial charge in [-0.1, -0.05) is 24.3 Å². The number of fused-ring (bicyclic) bond motifs is 1. The number of hydrogen-bond acceptors (Lipinski definition) is 4. The van der Waals surface area contributed by atoms with Crippen molar-refractivity contribution in [3.8, 4) is 5.75 Å². The second-order valence-electron chi connectivity index (χ2n) is 6.54. The Balaban J connectivity index is 1.36. The van der Waals surface area contributed by atoms with Crippen LogP contribution >= 0.6 is 0 Å². The van der Waals surface area contributed by atoms with Gasteiger partial charge in [0.25, 0.3) is 0 Å². The minimum Gasteiger partial charge on any atom is -0.508 e. The number of hydrogen-bond donors (Lipinski definition) is 1. The van der Waals surface area contributed by atoms with E-state index in [1.807, 2.05) is 41.3 Å². The van der Waals surface area contributed by atoms with E-state index in [0.29, 0.717) is 17.4 Å². The molecule has 1 amide bonds. The monoisotopic (exact) mass is 348 g/mol. The molecule has 1 fully saturated rings. The van der Waals surface area contributed by atoms with Crippen LogP contribution in [0.1, 0.15) is 30.2 Å². The van der Waals surface area contributed by atoms with Crippen LogP contribution in [-0.2, 0) is 4.79 Å². The van der Waals surface area contributed by atoms with E-state index < -0.39 is 0 Å². The maximum Gasteiger partial charge on any atom is 0.246 e.